The van der Waals surface area contributed by atoms with E-state index >= 15 is 0 Å². The first-order chi connectivity index (χ1) is 11.0. The van der Waals surface area contributed by atoms with Crippen LogP contribution < -0.4 is 5.32 Å². The molecule has 2 rings (SSSR count). The predicted octanol–water partition coefficient (Wildman–Crippen LogP) is 0.385. The van der Waals surface area contributed by atoms with Gasteiger partial charge in [-0.3, -0.25) is 4.79 Å². The summed E-state index contributed by atoms with van der Waals surface area (Å²) in [6.45, 7) is 0.752. The number of carbonyl (C=O) groups is 1. The lowest BCUT2D eigenvalue weighted by Gasteiger charge is -2.31. The van der Waals surface area contributed by atoms with Gasteiger partial charge < -0.3 is 5.32 Å². The van der Waals surface area contributed by atoms with Crippen molar-refractivity contribution in [2.75, 3.05) is 25.6 Å². The maximum atomic E-state index is 12.3. The smallest absolute Gasteiger partial charge is 0.251 e. The predicted molar refractivity (Wildman–Crippen MR) is 91.9 cm³/mol. The number of hydrogen-bond acceptors (Lipinski definition) is 5. The van der Waals surface area contributed by atoms with Crippen LogP contribution in [-0.4, -0.2) is 58.7 Å². The summed E-state index contributed by atoms with van der Waals surface area (Å²) in [4.78, 5) is 12.3. The van der Waals surface area contributed by atoms with Crippen LogP contribution in [0.5, 0.6) is 0 Å². The van der Waals surface area contributed by atoms with Crippen LogP contribution >= 0.6 is 0 Å². The minimum atomic E-state index is -3.26. The average Bonchev–Trinajstić information content (AvgIpc) is 2.45. The number of carbonyl (C=O) groups excluding carboxylic acids is 1. The highest BCUT2D eigenvalue weighted by Crippen LogP contribution is 2.14. The van der Waals surface area contributed by atoms with E-state index in [1.165, 1.54) is 4.31 Å². The summed E-state index contributed by atoms with van der Waals surface area (Å²) in [5.41, 5.74) is 1.04. The molecule has 0 aliphatic carbocycles. The van der Waals surface area contributed by atoms with Crippen molar-refractivity contribution in [2.24, 2.45) is 0 Å². The van der Waals surface area contributed by atoms with Gasteiger partial charge in [-0.2, -0.15) is 0 Å². The van der Waals surface area contributed by atoms with Crippen molar-refractivity contribution in [3.63, 3.8) is 0 Å². The normalized spacial score (nSPS) is 19.8. The molecular weight excluding hydrogens is 352 g/mol. The largest absolute Gasteiger partial charge is 0.348 e. The number of benzene rings is 1. The van der Waals surface area contributed by atoms with Gasteiger partial charge in [-0.1, -0.05) is 12.1 Å². The van der Waals surface area contributed by atoms with Gasteiger partial charge in [-0.25, -0.2) is 21.1 Å². The number of sulfonamides is 1. The highest BCUT2D eigenvalue weighted by Gasteiger charge is 2.26. The Bertz CT molecular complexity index is 801. The monoisotopic (exact) mass is 374 g/mol. The molecule has 24 heavy (non-hydrogen) atoms. The number of piperidine rings is 1. The van der Waals surface area contributed by atoms with E-state index in [0.717, 1.165) is 18.9 Å². The zero-order valence-corrected chi connectivity index (χ0v) is 15.4. The molecule has 1 unspecified atom stereocenters. The average molecular weight is 374 g/mol. The third-order valence-electron chi connectivity index (χ3n) is 3.83. The standard InChI is InChI=1S/C15H22N2O5S2/c1-23(19,20)11-12-5-7-13(8-6-12)15(18)16-14-4-3-9-17(10-14)24(2,21)22/h5-8,14H,3-4,9-11H2,1-2H3,(H,16,18). The van der Waals surface area contributed by atoms with E-state index in [9.17, 15) is 21.6 Å². The van der Waals surface area contributed by atoms with Gasteiger partial charge in [0.05, 0.1) is 12.0 Å². The number of nitrogens with one attached hydrogen (secondary N) is 1. The fourth-order valence-electron chi connectivity index (χ4n) is 2.69. The zero-order chi connectivity index (χ0) is 18.0. The Kier molecular flexibility index (Phi) is 5.67. The number of sulfone groups is 1. The molecule has 7 nitrogen and oxygen atoms in total. The van der Waals surface area contributed by atoms with E-state index in [0.29, 0.717) is 24.1 Å². The van der Waals surface area contributed by atoms with Crippen LogP contribution in [0, 0.1) is 0 Å². The second kappa shape index (κ2) is 7.20. The van der Waals surface area contributed by atoms with Crippen LogP contribution in [-0.2, 0) is 25.6 Å². The SMILES string of the molecule is CS(=O)(=O)Cc1ccc(C(=O)NC2CCCN(S(C)(=O)=O)C2)cc1. The second-order valence-corrected chi connectivity index (χ2v) is 10.3. The maximum absolute atomic E-state index is 12.3. The molecule has 1 aromatic rings. The highest BCUT2D eigenvalue weighted by atomic mass is 32.2. The van der Waals surface area contributed by atoms with Crippen LogP contribution in [0.15, 0.2) is 24.3 Å². The van der Waals surface area contributed by atoms with Gasteiger partial charge in [0.1, 0.15) is 0 Å². The Balaban J connectivity index is 1.99. The molecular formula is C15H22N2O5S2. The van der Waals surface area contributed by atoms with E-state index in [1.54, 1.807) is 24.3 Å². The molecule has 1 fully saturated rings. The molecule has 1 saturated heterocycles. The Hall–Kier alpha value is -1.45. The minimum absolute atomic E-state index is 0.0686. The first-order valence-corrected chi connectivity index (χ1v) is 11.5. The fourth-order valence-corrected chi connectivity index (χ4v) is 4.39. The van der Waals surface area contributed by atoms with Crippen LogP contribution in [0.2, 0.25) is 0 Å². The van der Waals surface area contributed by atoms with E-state index in [4.69, 9.17) is 0 Å². The van der Waals surface area contributed by atoms with Crippen molar-refractivity contribution in [3.8, 4) is 0 Å². The quantitative estimate of drug-likeness (QED) is 0.803. The van der Waals surface area contributed by atoms with Gasteiger partial charge in [0.2, 0.25) is 10.0 Å². The lowest BCUT2D eigenvalue weighted by Crippen LogP contribution is -2.49. The van der Waals surface area contributed by atoms with E-state index in [2.05, 4.69) is 5.32 Å². The molecule has 1 aromatic carbocycles. The molecule has 1 amide bonds. The molecule has 9 heteroatoms. The summed E-state index contributed by atoms with van der Waals surface area (Å²) in [7, 11) is -6.37. The lowest BCUT2D eigenvalue weighted by molar-refractivity contribution is 0.0921. The molecule has 0 radical (unpaired) electrons. The van der Waals surface area contributed by atoms with Crippen molar-refractivity contribution in [1.82, 2.24) is 9.62 Å². The number of nitrogens with zero attached hydrogens (tertiary/aromatic N) is 1. The Labute approximate surface area is 143 Å². The molecule has 1 atom stereocenters. The van der Waals surface area contributed by atoms with E-state index in [-0.39, 0.29) is 24.2 Å². The minimum Gasteiger partial charge on any atom is -0.348 e. The summed E-state index contributed by atoms with van der Waals surface area (Å²) in [6.07, 6.45) is 3.75. The van der Waals surface area contributed by atoms with Gasteiger partial charge in [-0.05, 0) is 30.5 Å². The molecule has 0 spiro atoms. The summed E-state index contributed by atoms with van der Waals surface area (Å²) in [6, 6.07) is 6.15. The first-order valence-electron chi connectivity index (χ1n) is 7.57. The molecule has 0 aromatic heterocycles. The van der Waals surface area contributed by atoms with Gasteiger partial charge in [0, 0.05) is 31.0 Å². The van der Waals surface area contributed by atoms with Gasteiger partial charge in [0.25, 0.3) is 5.91 Å². The lowest BCUT2D eigenvalue weighted by atomic mass is 10.1. The van der Waals surface area contributed by atoms with Crippen molar-refractivity contribution in [1.29, 1.82) is 0 Å². The highest BCUT2D eigenvalue weighted by molar-refractivity contribution is 7.89. The first kappa shape index (κ1) is 18.9. The topological polar surface area (TPSA) is 101 Å². The molecule has 134 valence electrons. The van der Waals surface area contributed by atoms with E-state index in [1.807, 2.05) is 0 Å². The molecule has 1 heterocycles. The van der Waals surface area contributed by atoms with Crippen LogP contribution in [0.3, 0.4) is 0 Å². The summed E-state index contributed by atoms with van der Waals surface area (Å²) < 4.78 is 47.1. The Morgan fingerprint density at radius 2 is 1.79 bits per heavy atom. The number of rotatable bonds is 5. The summed E-state index contributed by atoms with van der Waals surface area (Å²) in [5.74, 6) is -0.359. The molecule has 1 aliphatic heterocycles. The van der Waals surface area contributed by atoms with Gasteiger partial charge >= 0.3 is 0 Å². The second-order valence-electron chi connectivity index (χ2n) is 6.20. The molecule has 0 saturated carbocycles. The fraction of sp³-hybridized carbons (Fsp3) is 0.533. The maximum Gasteiger partial charge on any atom is 0.251 e. The summed E-state index contributed by atoms with van der Waals surface area (Å²) >= 11 is 0. The third kappa shape index (κ3) is 5.57. The summed E-state index contributed by atoms with van der Waals surface area (Å²) in [5, 5.41) is 2.84. The number of hydrogen-bond donors (Lipinski definition) is 1. The van der Waals surface area contributed by atoms with Crippen molar-refractivity contribution >= 4 is 25.8 Å². The zero-order valence-electron chi connectivity index (χ0n) is 13.7. The van der Waals surface area contributed by atoms with Crippen molar-refractivity contribution in [2.45, 2.75) is 24.6 Å². The Morgan fingerprint density at radius 3 is 2.33 bits per heavy atom. The van der Waals surface area contributed by atoms with Crippen LogP contribution in [0.1, 0.15) is 28.8 Å². The van der Waals surface area contributed by atoms with Gasteiger partial charge in [0.15, 0.2) is 9.84 Å². The van der Waals surface area contributed by atoms with Crippen molar-refractivity contribution < 1.29 is 21.6 Å². The van der Waals surface area contributed by atoms with Crippen LogP contribution in [0.4, 0.5) is 0 Å². The molecule has 1 N–H and O–H groups in total. The Morgan fingerprint density at radius 1 is 1.17 bits per heavy atom. The molecule has 0 bridgehead atoms. The molecule has 1 aliphatic rings. The third-order valence-corrected chi connectivity index (χ3v) is 5.96. The number of amides is 1. The van der Waals surface area contributed by atoms with Crippen molar-refractivity contribution in [3.05, 3.63) is 35.4 Å². The van der Waals surface area contributed by atoms with Crippen LogP contribution in [0.25, 0.3) is 0 Å². The van der Waals surface area contributed by atoms with Gasteiger partial charge in [-0.15, -0.1) is 0 Å². The van der Waals surface area contributed by atoms with E-state index < -0.39 is 19.9 Å².